The van der Waals surface area contributed by atoms with Crippen molar-refractivity contribution in [1.29, 1.82) is 0 Å². The predicted octanol–water partition coefficient (Wildman–Crippen LogP) is 8.55. The van der Waals surface area contributed by atoms with Crippen molar-refractivity contribution in [2.75, 3.05) is 13.2 Å². The fourth-order valence-electron chi connectivity index (χ4n) is 2.90. The van der Waals surface area contributed by atoms with E-state index in [9.17, 15) is 9.59 Å². The molecule has 0 radical (unpaired) electrons. The molecule has 0 atom stereocenters. The summed E-state index contributed by atoms with van der Waals surface area (Å²) in [6.45, 7) is 4.68. The number of hydrogen-bond donors (Lipinski definition) is 0. The third-order valence-corrected chi connectivity index (χ3v) is 6.44. The molecule has 170 valence electrons. The lowest BCUT2D eigenvalue weighted by atomic mass is 10.1. The molecule has 0 bridgehead atoms. The van der Waals surface area contributed by atoms with Gasteiger partial charge < -0.3 is 9.47 Å². The minimum Gasteiger partial charge on any atom is -0.462 e. The van der Waals surface area contributed by atoms with E-state index in [2.05, 4.69) is 13.8 Å². The van der Waals surface area contributed by atoms with Gasteiger partial charge in [0, 0.05) is 0 Å². The molecule has 0 fully saturated rings. The van der Waals surface area contributed by atoms with Crippen molar-refractivity contribution in [2.45, 2.75) is 78.1 Å². The Morgan fingerprint density at radius 1 is 0.567 bits per heavy atom. The van der Waals surface area contributed by atoms with E-state index in [1.807, 2.05) is 0 Å². The van der Waals surface area contributed by atoms with Crippen molar-refractivity contribution in [3.63, 3.8) is 0 Å². The van der Waals surface area contributed by atoms with Crippen molar-refractivity contribution in [2.24, 2.45) is 0 Å². The maximum absolute atomic E-state index is 12.7. The Labute approximate surface area is 199 Å². The van der Waals surface area contributed by atoms with Crippen LogP contribution in [0.4, 0.5) is 0 Å². The molecule has 0 aliphatic carbocycles. The molecule has 0 heterocycles. The number of ether oxygens (including phenoxy) is 2. The molecule has 0 aliphatic rings. The first-order valence-electron chi connectivity index (χ1n) is 10.6. The second kappa shape index (κ2) is 15.2. The summed E-state index contributed by atoms with van der Waals surface area (Å²) < 4.78 is 10.6. The van der Waals surface area contributed by atoms with Crippen LogP contribution in [0.1, 0.15) is 98.8 Å². The van der Waals surface area contributed by atoms with Gasteiger partial charge in [-0.1, -0.05) is 112 Å². The molecular weight excluding hydrogens is 470 g/mol. The summed E-state index contributed by atoms with van der Waals surface area (Å²) >= 11 is 24.7. The zero-order valence-electron chi connectivity index (χ0n) is 17.6. The predicted molar refractivity (Wildman–Crippen MR) is 125 cm³/mol. The summed E-state index contributed by atoms with van der Waals surface area (Å²) in [6.07, 6.45) is 10.0. The van der Waals surface area contributed by atoms with Crippen molar-refractivity contribution >= 4 is 58.3 Å². The molecule has 0 aromatic heterocycles. The number of halogens is 4. The van der Waals surface area contributed by atoms with E-state index in [4.69, 9.17) is 55.9 Å². The van der Waals surface area contributed by atoms with Crippen molar-refractivity contribution in [1.82, 2.24) is 0 Å². The summed E-state index contributed by atoms with van der Waals surface area (Å²) in [7, 11) is 0. The number of rotatable bonds is 14. The second-order valence-corrected chi connectivity index (χ2v) is 8.62. The summed E-state index contributed by atoms with van der Waals surface area (Å²) in [6, 6.07) is 0. The number of unbranched alkanes of at least 4 members (excludes halogenated alkanes) is 8. The monoisotopic (exact) mass is 498 g/mol. The lowest BCUT2D eigenvalue weighted by molar-refractivity contribution is 0.0450. The highest BCUT2D eigenvalue weighted by Crippen LogP contribution is 2.42. The topological polar surface area (TPSA) is 52.6 Å². The summed E-state index contributed by atoms with van der Waals surface area (Å²) in [5.41, 5.74) is -0.416. The van der Waals surface area contributed by atoms with E-state index >= 15 is 0 Å². The molecule has 1 rings (SSSR count). The molecule has 0 N–H and O–H groups in total. The van der Waals surface area contributed by atoms with E-state index in [1.165, 1.54) is 0 Å². The normalized spacial score (nSPS) is 10.9. The van der Waals surface area contributed by atoms with Gasteiger partial charge in [0.05, 0.1) is 44.4 Å². The molecule has 1 aromatic rings. The average molecular weight is 500 g/mol. The van der Waals surface area contributed by atoms with Crippen molar-refractivity contribution in [3.8, 4) is 0 Å². The van der Waals surface area contributed by atoms with Gasteiger partial charge in [0.1, 0.15) is 0 Å². The zero-order valence-corrected chi connectivity index (χ0v) is 20.7. The van der Waals surface area contributed by atoms with Crippen molar-refractivity contribution in [3.05, 3.63) is 31.2 Å². The summed E-state index contributed by atoms with van der Waals surface area (Å²) in [5, 5.41) is -0.544. The number of carbonyl (C=O) groups excluding carboxylic acids is 2. The van der Waals surface area contributed by atoms with Crippen LogP contribution in [-0.4, -0.2) is 25.2 Å². The van der Waals surface area contributed by atoms with Crippen LogP contribution in [0.15, 0.2) is 0 Å². The lowest BCUT2D eigenvalue weighted by Gasteiger charge is -2.15. The highest BCUT2D eigenvalue weighted by molar-refractivity contribution is 6.54. The molecule has 1 aromatic carbocycles. The van der Waals surface area contributed by atoms with Crippen LogP contribution < -0.4 is 0 Å². The Balaban J connectivity index is 2.89. The van der Waals surface area contributed by atoms with Gasteiger partial charge >= 0.3 is 11.9 Å². The quantitative estimate of drug-likeness (QED) is 0.111. The van der Waals surface area contributed by atoms with Gasteiger partial charge in [0.25, 0.3) is 0 Å². The van der Waals surface area contributed by atoms with E-state index in [0.29, 0.717) is 0 Å². The van der Waals surface area contributed by atoms with Gasteiger partial charge in [-0.25, -0.2) is 9.59 Å². The maximum Gasteiger partial charge on any atom is 0.340 e. The molecule has 30 heavy (non-hydrogen) atoms. The van der Waals surface area contributed by atoms with Crippen LogP contribution in [0, 0.1) is 0 Å². The van der Waals surface area contributed by atoms with Crippen LogP contribution in [0.3, 0.4) is 0 Å². The van der Waals surface area contributed by atoms with E-state index < -0.39 is 11.9 Å². The Kier molecular flexibility index (Phi) is 13.8. The first-order chi connectivity index (χ1) is 14.4. The Morgan fingerprint density at radius 3 is 1.23 bits per heavy atom. The van der Waals surface area contributed by atoms with Crippen LogP contribution >= 0.6 is 46.4 Å². The third kappa shape index (κ3) is 8.45. The maximum atomic E-state index is 12.7. The minimum absolute atomic E-state index is 0.102. The molecule has 0 unspecified atom stereocenters. The zero-order chi connectivity index (χ0) is 22.5. The highest BCUT2D eigenvalue weighted by atomic mass is 35.5. The van der Waals surface area contributed by atoms with Gasteiger partial charge in [-0.2, -0.15) is 0 Å². The van der Waals surface area contributed by atoms with Gasteiger partial charge in [-0.15, -0.1) is 0 Å². The molecule has 0 saturated carbocycles. The molecule has 8 heteroatoms. The first-order valence-corrected chi connectivity index (χ1v) is 12.1. The molecule has 0 spiro atoms. The van der Waals surface area contributed by atoms with Crippen LogP contribution in [0.25, 0.3) is 0 Å². The molecule has 0 aliphatic heterocycles. The molecule has 0 saturated heterocycles. The molecule has 0 amide bonds. The van der Waals surface area contributed by atoms with Gasteiger partial charge in [-0.05, 0) is 12.8 Å². The van der Waals surface area contributed by atoms with Crippen LogP contribution in [0.5, 0.6) is 0 Å². The smallest absolute Gasteiger partial charge is 0.340 e. The van der Waals surface area contributed by atoms with Gasteiger partial charge in [-0.3, -0.25) is 0 Å². The van der Waals surface area contributed by atoms with Crippen LogP contribution in [0.2, 0.25) is 20.1 Å². The van der Waals surface area contributed by atoms with E-state index in [1.54, 1.807) is 0 Å². The fraction of sp³-hybridized carbons (Fsp3) is 0.636. The average Bonchev–Trinajstić information content (AvgIpc) is 2.73. The van der Waals surface area contributed by atoms with E-state index in [0.717, 1.165) is 64.2 Å². The number of hydrogen-bond acceptors (Lipinski definition) is 4. The number of benzene rings is 1. The summed E-state index contributed by atoms with van der Waals surface area (Å²) in [5.74, 6) is -1.54. The second-order valence-electron chi connectivity index (χ2n) is 7.11. The van der Waals surface area contributed by atoms with E-state index in [-0.39, 0.29) is 44.4 Å². The van der Waals surface area contributed by atoms with Crippen molar-refractivity contribution < 1.29 is 19.1 Å². The molecule has 4 nitrogen and oxygen atoms in total. The number of carbonyl (C=O) groups is 2. The highest BCUT2D eigenvalue weighted by Gasteiger charge is 2.30. The fourth-order valence-corrected chi connectivity index (χ4v) is 3.91. The molecular formula is C22H30Cl4O4. The largest absolute Gasteiger partial charge is 0.462 e. The Hall–Kier alpha value is -0.680. The third-order valence-electron chi connectivity index (χ3n) is 4.64. The van der Waals surface area contributed by atoms with Gasteiger partial charge in [0.15, 0.2) is 0 Å². The SMILES string of the molecule is CCCCCCCOC(=O)c1c(Cl)c(Cl)c(Cl)c(Cl)c1C(=O)OCCCCCCC. The number of esters is 2. The standard InChI is InChI=1S/C22H30Cl4O4/c1-3-5-7-9-11-13-29-21(27)15-16(18(24)20(26)19(25)17(15)23)22(28)30-14-12-10-8-6-4-2/h3-14H2,1-2H3. The first kappa shape index (κ1) is 27.4. The lowest BCUT2D eigenvalue weighted by Crippen LogP contribution is -2.17. The minimum atomic E-state index is -0.772. The Bertz CT molecular complexity index is 648. The van der Waals surface area contributed by atoms with Crippen LogP contribution in [-0.2, 0) is 9.47 Å². The Morgan fingerprint density at radius 2 is 0.900 bits per heavy atom. The summed E-state index contributed by atoms with van der Waals surface area (Å²) in [4.78, 5) is 25.3. The van der Waals surface area contributed by atoms with Gasteiger partial charge in [0.2, 0.25) is 0 Å².